The number of benzene rings is 2. The molecule has 6 nitrogen and oxygen atoms in total. The van der Waals surface area contributed by atoms with Gasteiger partial charge in [-0.3, -0.25) is 4.79 Å². The second-order valence-corrected chi connectivity index (χ2v) is 6.53. The predicted molar refractivity (Wildman–Crippen MR) is 110 cm³/mol. The van der Waals surface area contributed by atoms with E-state index in [4.69, 9.17) is 4.74 Å². The van der Waals surface area contributed by atoms with Crippen molar-refractivity contribution in [3.63, 3.8) is 0 Å². The third kappa shape index (κ3) is 5.54. The van der Waals surface area contributed by atoms with Crippen molar-refractivity contribution < 1.29 is 9.53 Å². The van der Waals surface area contributed by atoms with Gasteiger partial charge in [0, 0.05) is 31.7 Å². The van der Waals surface area contributed by atoms with Gasteiger partial charge in [0.25, 0.3) is 5.91 Å². The van der Waals surface area contributed by atoms with E-state index in [1.165, 1.54) is 0 Å². The minimum atomic E-state index is -0.109. The molecule has 1 aromatic heterocycles. The molecule has 0 saturated carbocycles. The maximum atomic E-state index is 12.5. The smallest absolute Gasteiger partial charge is 0.256 e. The molecule has 1 amide bonds. The molecule has 28 heavy (non-hydrogen) atoms. The molecule has 1 N–H and O–H groups in total. The minimum absolute atomic E-state index is 0.109. The van der Waals surface area contributed by atoms with Crippen molar-refractivity contribution in [1.82, 2.24) is 14.9 Å². The number of aromatic nitrogens is 2. The molecule has 3 rings (SSSR count). The Morgan fingerprint density at radius 3 is 2.54 bits per heavy atom. The summed E-state index contributed by atoms with van der Waals surface area (Å²) < 4.78 is 5.72. The molecular formula is C22H24N4O2. The lowest BCUT2D eigenvalue weighted by Gasteiger charge is -2.17. The van der Waals surface area contributed by atoms with Gasteiger partial charge < -0.3 is 15.0 Å². The lowest BCUT2D eigenvalue weighted by atomic mass is 10.2. The molecular weight excluding hydrogens is 352 g/mol. The second-order valence-electron chi connectivity index (χ2n) is 6.53. The summed E-state index contributed by atoms with van der Waals surface area (Å²) in [5, 5.41) is 3.10. The summed E-state index contributed by atoms with van der Waals surface area (Å²) >= 11 is 0. The van der Waals surface area contributed by atoms with Gasteiger partial charge in [-0.1, -0.05) is 30.3 Å². The molecule has 0 atom stereocenters. The second kappa shape index (κ2) is 9.50. The van der Waals surface area contributed by atoms with Gasteiger partial charge in [0.2, 0.25) is 5.95 Å². The molecule has 2 aromatic carbocycles. The van der Waals surface area contributed by atoms with E-state index in [2.05, 4.69) is 15.3 Å². The summed E-state index contributed by atoms with van der Waals surface area (Å²) in [4.78, 5) is 22.6. The Bertz CT molecular complexity index is 898. The van der Waals surface area contributed by atoms with Crippen LogP contribution in [0, 0.1) is 6.92 Å². The van der Waals surface area contributed by atoms with Crippen molar-refractivity contribution in [1.29, 1.82) is 0 Å². The van der Waals surface area contributed by atoms with Crippen molar-refractivity contribution in [3.05, 3.63) is 78.1 Å². The Hall–Kier alpha value is -3.41. The number of rotatable bonds is 8. The topological polar surface area (TPSA) is 67.3 Å². The molecule has 0 aliphatic rings. The van der Waals surface area contributed by atoms with Crippen molar-refractivity contribution in [2.45, 2.75) is 13.3 Å². The number of ether oxygens (including phenoxy) is 1. The number of anilines is 2. The van der Waals surface area contributed by atoms with Gasteiger partial charge in [0.05, 0.1) is 12.2 Å². The fraction of sp³-hybridized carbons (Fsp3) is 0.227. The molecule has 0 fully saturated rings. The third-order valence-electron chi connectivity index (χ3n) is 4.17. The first-order valence-corrected chi connectivity index (χ1v) is 9.21. The highest BCUT2D eigenvalue weighted by molar-refractivity contribution is 5.93. The van der Waals surface area contributed by atoms with Crippen LogP contribution in [0.25, 0.3) is 0 Å². The number of para-hydroxylation sites is 1. The van der Waals surface area contributed by atoms with E-state index in [9.17, 15) is 4.79 Å². The van der Waals surface area contributed by atoms with E-state index in [1.807, 2.05) is 61.5 Å². The molecule has 1 heterocycles. The van der Waals surface area contributed by atoms with Crippen LogP contribution in [0.5, 0.6) is 5.75 Å². The average molecular weight is 376 g/mol. The molecule has 0 aliphatic heterocycles. The third-order valence-corrected chi connectivity index (χ3v) is 4.17. The molecule has 3 aromatic rings. The van der Waals surface area contributed by atoms with Crippen LogP contribution in [0.3, 0.4) is 0 Å². The quantitative estimate of drug-likeness (QED) is 0.600. The number of hydrogen-bond acceptors (Lipinski definition) is 5. The van der Waals surface area contributed by atoms with Crippen LogP contribution in [0.4, 0.5) is 11.6 Å². The Balaban J connectivity index is 1.46. The van der Waals surface area contributed by atoms with E-state index in [0.29, 0.717) is 24.7 Å². The molecule has 0 bridgehead atoms. The molecule has 0 aliphatic carbocycles. The van der Waals surface area contributed by atoms with Crippen molar-refractivity contribution in [2.24, 2.45) is 0 Å². The van der Waals surface area contributed by atoms with Crippen molar-refractivity contribution >= 4 is 17.5 Å². The van der Waals surface area contributed by atoms with Gasteiger partial charge in [0.15, 0.2) is 0 Å². The normalized spacial score (nSPS) is 10.4. The summed E-state index contributed by atoms with van der Waals surface area (Å²) in [7, 11) is 1.77. The maximum absolute atomic E-state index is 12.5. The van der Waals surface area contributed by atoms with Crippen LogP contribution in [-0.4, -0.2) is 41.0 Å². The highest BCUT2D eigenvalue weighted by atomic mass is 16.5. The maximum Gasteiger partial charge on any atom is 0.256 e. The largest absolute Gasteiger partial charge is 0.494 e. The Labute approximate surface area is 165 Å². The molecule has 0 unspecified atom stereocenters. The summed E-state index contributed by atoms with van der Waals surface area (Å²) in [6.07, 6.45) is 3.82. The first kappa shape index (κ1) is 19.4. The van der Waals surface area contributed by atoms with E-state index < -0.39 is 0 Å². The van der Waals surface area contributed by atoms with Crippen LogP contribution >= 0.6 is 0 Å². The number of carbonyl (C=O) groups excluding carboxylic acids is 1. The summed E-state index contributed by atoms with van der Waals surface area (Å²) in [6, 6.07) is 17.6. The van der Waals surface area contributed by atoms with Gasteiger partial charge in [-0.25, -0.2) is 9.97 Å². The number of nitrogens with one attached hydrogen (secondary N) is 1. The standard InChI is InChI=1S/C22H24N4O2/c1-17-8-6-11-20(14-17)28-13-7-12-26(2)21(27)18-15-23-22(24-16-18)25-19-9-4-3-5-10-19/h3-6,8-11,14-16H,7,12-13H2,1-2H3,(H,23,24,25). The fourth-order valence-corrected chi connectivity index (χ4v) is 2.67. The summed E-state index contributed by atoms with van der Waals surface area (Å²) in [6.45, 7) is 3.17. The number of hydrogen-bond donors (Lipinski definition) is 1. The SMILES string of the molecule is Cc1cccc(OCCCN(C)C(=O)c2cnc(Nc3ccccc3)nc2)c1. The summed E-state index contributed by atoms with van der Waals surface area (Å²) in [5.41, 5.74) is 2.52. The lowest BCUT2D eigenvalue weighted by molar-refractivity contribution is 0.0787. The van der Waals surface area contributed by atoms with Crippen LogP contribution in [0.15, 0.2) is 67.0 Å². The zero-order valence-corrected chi connectivity index (χ0v) is 16.1. The van der Waals surface area contributed by atoms with E-state index in [0.717, 1.165) is 23.4 Å². The van der Waals surface area contributed by atoms with Crippen molar-refractivity contribution in [2.75, 3.05) is 25.5 Å². The molecule has 0 spiro atoms. The van der Waals surface area contributed by atoms with Crippen molar-refractivity contribution in [3.8, 4) is 5.75 Å². The van der Waals surface area contributed by atoms with Crippen LogP contribution < -0.4 is 10.1 Å². The minimum Gasteiger partial charge on any atom is -0.494 e. The number of amides is 1. The molecule has 6 heteroatoms. The van der Waals surface area contributed by atoms with Crippen LogP contribution in [0.1, 0.15) is 22.3 Å². The summed E-state index contributed by atoms with van der Waals surface area (Å²) in [5.74, 6) is 1.20. The Kier molecular flexibility index (Phi) is 6.57. The Morgan fingerprint density at radius 2 is 1.82 bits per heavy atom. The van der Waals surface area contributed by atoms with Crippen LogP contribution in [-0.2, 0) is 0 Å². The predicted octanol–water partition coefficient (Wildman–Crippen LogP) is 4.07. The monoisotopic (exact) mass is 376 g/mol. The highest BCUT2D eigenvalue weighted by Gasteiger charge is 2.12. The van der Waals surface area contributed by atoms with Gasteiger partial charge in [-0.15, -0.1) is 0 Å². The number of carbonyl (C=O) groups is 1. The van der Waals surface area contributed by atoms with Gasteiger partial charge >= 0.3 is 0 Å². The molecule has 0 saturated heterocycles. The highest BCUT2D eigenvalue weighted by Crippen LogP contribution is 2.13. The van der Waals surface area contributed by atoms with E-state index in [1.54, 1.807) is 24.3 Å². The van der Waals surface area contributed by atoms with Gasteiger partial charge in [-0.2, -0.15) is 0 Å². The first-order chi connectivity index (χ1) is 13.6. The zero-order chi connectivity index (χ0) is 19.8. The van der Waals surface area contributed by atoms with E-state index in [-0.39, 0.29) is 5.91 Å². The molecule has 144 valence electrons. The van der Waals surface area contributed by atoms with Gasteiger partial charge in [-0.05, 0) is 43.2 Å². The number of nitrogens with zero attached hydrogens (tertiary/aromatic N) is 3. The molecule has 0 radical (unpaired) electrons. The zero-order valence-electron chi connectivity index (χ0n) is 16.1. The van der Waals surface area contributed by atoms with Crippen LogP contribution in [0.2, 0.25) is 0 Å². The lowest BCUT2D eigenvalue weighted by Crippen LogP contribution is -2.29. The fourth-order valence-electron chi connectivity index (χ4n) is 2.67. The number of aryl methyl sites for hydroxylation is 1. The average Bonchev–Trinajstić information content (AvgIpc) is 2.72. The van der Waals surface area contributed by atoms with E-state index >= 15 is 0 Å². The first-order valence-electron chi connectivity index (χ1n) is 9.21. The van der Waals surface area contributed by atoms with Gasteiger partial charge in [0.1, 0.15) is 5.75 Å². The Morgan fingerprint density at radius 1 is 1.07 bits per heavy atom.